The molecule has 0 bridgehead atoms. The number of hydrogen-bond donors (Lipinski definition) is 0. The number of rotatable bonds is 1. The zero-order valence-electron chi connectivity index (χ0n) is 7.86. The summed E-state index contributed by atoms with van der Waals surface area (Å²) < 4.78 is 7.36. The van der Waals surface area contributed by atoms with Crippen LogP contribution in [0.3, 0.4) is 0 Å². The van der Waals surface area contributed by atoms with Crippen molar-refractivity contribution < 1.29 is 4.74 Å². The van der Waals surface area contributed by atoms with Crippen LogP contribution in [-0.4, -0.2) is 9.78 Å². The normalized spacial score (nSPS) is 20.2. The van der Waals surface area contributed by atoms with Gasteiger partial charge < -0.3 is 4.74 Å². The van der Waals surface area contributed by atoms with Gasteiger partial charge in [0.05, 0.1) is 24.9 Å². The van der Waals surface area contributed by atoms with Gasteiger partial charge in [-0.1, -0.05) is 0 Å². The Labute approximate surface area is 82.1 Å². The lowest BCUT2D eigenvalue weighted by Crippen LogP contribution is -2.20. The maximum absolute atomic E-state index is 8.91. The second-order valence-electron chi connectivity index (χ2n) is 3.91. The Balaban J connectivity index is 2.08. The smallest absolute Gasteiger partial charge is 0.168 e. The third-order valence-corrected chi connectivity index (χ3v) is 3.13. The maximum Gasteiger partial charge on any atom is 0.168 e. The molecule has 3 rings (SSSR count). The summed E-state index contributed by atoms with van der Waals surface area (Å²) in [5.74, 6) is 0. The zero-order valence-corrected chi connectivity index (χ0v) is 7.86. The van der Waals surface area contributed by atoms with E-state index in [1.54, 1.807) is 0 Å². The van der Waals surface area contributed by atoms with Gasteiger partial charge in [-0.3, -0.25) is 4.68 Å². The van der Waals surface area contributed by atoms with Gasteiger partial charge in [-0.05, 0) is 19.3 Å². The number of nitriles is 1. The largest absolute Gasteiger partial charge is 0.370 e. The first-order valence-electron chi connectivity index (χ1n) is 4.98. The van der Waals surface area contributed by atoms with Crippen LogP contribution in [0.25, 0.3) is 0 Å². The SMILES string of the molecule is N#Cc1nn(C2CCC2)c2c1COC2. The molecule has 0 N–H and O–H groups in total. The summed E-state index contributed by atoms with van der Waals surface area (Å²) in [6, 6.07) is 2.66. The van der Waals surface area contributed by atoms with Crippen LogP contribution in [-0.2, 0) is 18.0 Å². The van der Waals surface area contributed by atoms with Gasteiger partial charge in [0.1, 0.15) is 6.07 Å². The fourth-order valence-corrected chi connectivity index (χ4v) is 2.08. The number of fused-ring (bicyclic) bond motifs is 1. The summed E-state index contributed by atoms with van der Waals surface area (Å²) in [5, 5.41) is 13.3. The lowest BCUT2D eigenvalue weighted by Gasteiger charge is -2.26. The Bertz CT molecular complexity index is 412. The van der Waals surface area contributed by atoms with Crippen LogP contribution in [0.1, 0.15) is 42.3 Å². The monoisotopic (exact) mass is 189 g/mol. The van der Waals surface area contributed by atoms with Crippen LogP contribution < -0.4 is 0 Å². The number of nitrogens with zero attached hydrogens (tertiary/aromatic N) is 3. The van der Waals surface area contributed by atoms with Gasteiger partial charge in [-0.2, -0.15) is 10.4 Å². The molecule has 72 valence electrons. The summed E-state index contributed by atoms with van der Waals surface area (Å²) in [6.07, 6.45) is 3.67. The van der Waals surface area contributed by atoms with Gasteiger partial charge in [0.2, 0.25) is 0 Å². The van der Waals surface area contributed by atoms with Crippen molar-refractivity contribution in [3.8, 4) is 6.07 Å². The van der Waals surface area contributed by atoms with Gasteiger partial charge in [-0.15, -0.1) is 0 Å². The molecule has 4 heteroatoms. The van der Waals surface area contributed by atoms with Crippen LogP contribution in [0.2, 0.25) is 0 Å². The highest BCUT2D eigenvalue weighted by Gasteiger charge is 2.29. The minimum absolute atomic E-state index is 0.521. The quantitative estimate of drug-likeness (QED) is 0.672. The van der Waals surface area contributed by atoms with E-state index in [-0.39, 0.29) is 0 Å². The summed E-state index contributed by atoms with van der Waals surface area (Å²) in [5.41, 5.74) is 2.70. The molecule has 0 atom stereocenters. The minimum atomic E-state index is 0.521. The van der Waals surface area contributed by atoms with Crippen molar-refractivity contribution in [1.82, 2.24) is 9.78 Å². The van der Waals surface area contributed by atoms with E-state index >= 15 is 0 Å². The summed E-state index contributed by atoms with van der Waals surface area (Å²) in [7, 11) is 0. The molecule has 2 aliphatic rings. The van der Waals surface area contributed by atoms with E-state index in [0.29, 0.717) is 24.9 Å². The molecule has 1 aliphatic carbocycles. The van der Waals surface area contributed by atoms with Crippen molar-refractivity contribution in [2.45, 2.75) is 38.5 Å². The highest BCUT2D eigenvalue weighted by Crippen LogP contribution is 2.35. The van der Waals surface area contributed by atoms with Gasteiger partial charge >= 0.3 is 0 Å². The van der Waals surface area contributed by atoms with Crippen molar-refractivity contribution in [2.24, 2.45) is 0 Å². The third-order valence-electron chi connectivity index (χ3n) is 3.13. The fraction of sp³-hybridized carbons (Fsp3) is 0.600. The number of aromatic nitrogens is 2. The van der Waals surface area contributed by atoms with Gasteiger partial charge in [0.15, 0.2) is 5.69 Å². The van der Waals surface area contributed by atoms with Crippen LogP contribution in [0, 0.1) is 11.3 Å². The predicted octanol–water partition coefficient (Wildman–Crippen LogP) is 1.51. The van der Waals surface area contributed by atoms with Crippen molar-refractivity contribution in [1.29, 1.82) is 5.26 Å². The molecular formula is C10H11N3O. The number of hydrogen-bond acceptors (Lipinski definition) is 3. The molecule has 2 heterocycles. The zero-order chi connectivity index (χ0) is 9.54. The van der Waals surface area contributed by atoms with Crippen molar-refractivity contribution >= 4 is 0 Å². The van der Waals surface area contributed by atoms with Crippen molar-refractivity contribution in [3.05, 3.63) is 17.0 Å². The topological polar surface area (TPSA) is 50.8 Å². The molecule has 1 aromatic rings. The lowest BCUT2D eigenvalue weighted by atomic mass is 9.93. The molecule has 1 aliphatic heterocycles. The van der Waals surface area contributed by atoms with Gasteiger partial charge in [0, 0.05) is 5.56 Å². The Morgan fingerprint density at radius 2 is 2.29 bits per heavy atom. The predicted molar refractivity (Wildman–Crippen MR) is 48.3 cm³/mol. The first kappa shape index (κ1) is 8.01. The van der Waals surface area contributed by atoms with Crippen LogP contribution >= 0.6 is 0 Å². The van der Waals surface area contributed by atoms with E-state index < -0.39 is 0 Å². The highest BCUT2D eigenvalue weighted by atomic mass is 16.5. The molecule has 1 saturated carbocycles. The summed E-state index contributed by atoms with van der Waals surface area (Å²) >= 11 is 0. The molecule has 14 heavy (non-hydrogen) atoms. The molecule has 0 aromatic carbocycles. The lowest BCUT2D eigenvalue weighted by molar-refractivity contribution is 0.125. The first-order valence-corrected chi connectivity index (χ1v) is 4.98. The Morgan fingerprint density at radius 1 is 1.43 bits per heavy atom. The standard InChI is InChI=1S/C10H11N3O/c11-4-9-8-5-14-6-10(8)13(12-9)7-2-1-3-7/h7H,1-3,5-6H2. The molecule has 0 radical (unpaired) electrons. The van der Waals surface area contributed by atoms with Crippen molar-refractivity contribution in [2.75, 3.05) is 0 Å². The number of ether oxygens (including phenoxy) is 1. The Hall–Kier alpha value is -1.34. The highest BCUT2D eigenvalue weighted by molar-refractivity contribution is 5.36. The molecule has 0 amide bonds. The van der Waals surface area contributed by atoms with Crippen LogP contribution in [0.5, 0.6) is 0 Å². The first-order chi connectivity index (χ1) is 6.90. The second kappa shape index (κ2) is 2.82. The molecule has 4 nitrogen and oxygen atoms in total. The van der Waals surface area contributed by atoms with E-state index in [1.165, 1.54) is 19.3 Å². The molecule has 0 spiro atoms. The van der Waals surface area contributed by atoms with Gasteiger partial charge in [-0.25, -0.2) is 0 Å². The fourth-order valence-electron chi connectivity index (χ4n) is 2.08. The molecule has 0 saturated heterocycles. The van der Waals surface area contributed by atoms with Crippen LogP contribution in [0.4, 0.5) is 0 Å². The van der Waals surface area contributed by atoms with Gasteiger partial charge in [0.25, 0.3) is 0 Å². The second-order valence-corrected chi connectivity index (χ2v) is 3.91. The molecular weight excluding hydrogens is 178 g/mol. The van der Waals surface area contributed by atoms with E-state index in [9.17, 15) is 0 Å². The molecule has 1 aromatic heterocycles. The Kier molecular flexibility index (Phi) is 1.62. The minimum Gasteiger partial charge on any atom is -0.370 e. The average Bonchev–Trinajstić information content (AvgIpc) is 2.64. The summed E-state index contributed by atoms with van der Waals surface area (Å²) in [6.45, 7) is 1.19. The van der Waals surface area contributed by atoms with Crippen molar-refractivity contribution in [3.63, 3.8) is 0 Å². The van der Waals surface area contributed by atoms with Crippen LogP contribution in [0.15, 0.2) is 0 Å². The summed E-state index contributed by atoms with van der Waals surface area (Å²) in [4.78, 5) is 0. The third kappa shape index (κ3) is 0.933. The molecule has 1 fully saturated rings. The Morgan fingerprint density at radius 3 is 2.93 bits per heavy atom. The van der Waals surface area contributed by atoms with E-state index in [1.807, 2.05) is 4.68 Å². The average molecular weight is 189 g/mol. The van der Waals surface area contributed by atoms with E-state index in [4.69, 9.17) is 10.00 Å². The maximum atomic E-state index is 8.91. The molecule has 0 unspecified atom stereocenters. The van der Waals surface area contributed by atoms with E-state index in [2.05, 4.69) is 11.2 Å². The van der Waals surface area contributed by atoms with E-state index in [0.717, 1.165) is 11.3 Å².